The molecule has 8 rings (SSSR count). The normalized spacial score (nSPS) is 24.4. The smallest absolute Gasteiger partial charge is 0.0713 e. The van der Waals surface area contributed by atoms with E-state index in [-0.39, 0.29) is 0 Å². The van der Waals surface area contributed by atoms with Crippen LogP contribution in [0.15, 0.2) is 154 Å². The van der Waals surface area contributed by atoms with Crippen LogP contribution < -0.4 is 0 Å². The Morgan fingerprint density at radius 1 is 0.825 bits per heavy atom. The molecule has 0 spiro atoms. The number of nitrogens with zero attached hydrogens (tertiary/aromatic N) is 2. The fourth-order valence-electron chi connectivity index (χ4n) is 6.88. The first-order valence-corrected chi connectivity index (χ1v) is 15.1. The number of thioether (sulfide) groups is 1. The van der Waals surface area contributed by atoms with Crippen molar-refractivity contribution in [1.82, 2.24) is 9.88 Å². The average molecular weight is 535 g/mol. The summed E-state index contributed by atoms with van der Waals surface area (Å²) in [5.41, 5.74) is 10.7. The molecule has 0 bridgehead atoms. The molecule has 0 amide bonds. The molecule has 5 aliphatic rings. The summed E-state index contributed by atoms with van der Waals surface area (Å²) in [5.74, 6) is 0.716. The molecule has 1 aromatic heterocycles. The molecule has 2 aliphatic heterocycles. The highest BCUT2D eigenvalue weighted by molar-refractivity contribution is 8.03. The number of hydrogen-bond donors (Lipinski definition) is 0. The van der Waals surface area contributed by atoms with E-state index >= 15 is 0 Å². The summed E-state index contributed by atoms with van der Waals surface area (Å²) in [6, 6.07) is 24.2. The van der Waals surface area contributed by atoms with Gasteiger partial charge in [-0.05, 0) is 59.7 Å². The maximum absolute atomic E-state index is 4.77. The molecule has 3 heterocycles. The molecule has 3 aromatic rings. The number of benzene rings is 2. The quantitative estimate of drug-likeness (QED) is 0.333. The van der Waals surface area contributed by atoms with E-state index in [0.717, 1.165) is 25.0 Å². The summed E-state index contributed by atoms with van der Waals surface area (Å²) in [6.45, 7) is 0. The molecule has 3 heteroatoms. The molecule has 0 radical (unpaired) electrons. The van der Waals surface area contributed by atoms with Crippen molar-refractivity contribution in [3.63, 3.8) is 0 Å². The zero-order valence-electron chi connectivity index (χ0n) is 22.3. The Hall–Kier alpha value is -4.08. The zero-order chi connectivity index (χ0) is 26.5. The van der Waals surface area contributed by atoms with E-state index in [1.807, 2.05) is 24.0 Å². The van der Waals surface area contributed by atoms with Crippen LogP contribution in [0.3, 0.4) is 0 Å². The highest BCUT2D eigenvalue weighted by atomic mass is 32.2. The lowest BCUT2D eigenvalue weighted by Crippen LogP contribution is -2.34. The number of fused-ring (bicyclic) bond motifs is 5. The number of allylic oxidation sites excluding steroid dienone is 10. The van der Waals surface area contributed by atoms with Gasteiger partial charge in [-0.25, -0.2) is 0 Å². The highest BCUT2D eigenvalue weighted by Crippen LogP contribution is 2.57. The summed E-state index contributed by atoms with van der Waals surface area (Å²) >= 11 is 1.98. The van der Waals surface area contributed by atoms with Crippen LogP contribution in [0.1, 0.15) is 36.3 Å². The lowest BCUT2D eigenvalue weighted by atomic mass is 9.87. The minimum Gasteiger partial charge on any atom is -0.336 e. The maximum atomic E-state index is 4.77. The Labute approximate surface area is 240 Å². The molecule has 194 valence electrons. The molecule has 2 aromatic carbocycles. The second-order valence-corrected chi connectivity index (χ2v) is 12.0. The van der Waals surface area contributed by atoms with Crippen LogP contribution in [0.25, 0.3) is 16.8 Å². The van der Waals surface area contributed by atoms with Crippen molar-refractivity contribution in [2.45, 2.75) is 36.1 Å². The van der Waals surface area contributed by atoms with Gasteiger partial charge < -0.3 is 4.90 Å². The van der Waals surface area contributed by atoms with E-state index in [4.69, 9.17) is 4.98 Å². The topological polar surface area (TPSA) is 16.1 Å². The van der Waals surface area contributed by atoms with Gasteiger partial charge in [-0.15, -0.1) is 0 Å². The van der Waals surface area contributed by atoms with Crippen molar-refractivity contribution in [2.24, 2.45) is 5.92 Å². The van der Waals surface area contributed by atoms with Gasteiger partial charge in [0.15, 0.2) is 0 Å². The third-order valence-corrected chi connectivity index (χ3v) is 10.0. The monoisotopic (exact) mass is 534 g/mol. The largest absolute Gasteiger partial charge is 0.336 e. The van der Waals surface area contributed by atoms with Gasteiger partial charge in [-0.1, -0.05) is 115 Å². The van der Waals surface area contributed by atoms with Gasteiger partial charge in [0.25, 0.3) is 0 Å². The Morgan fingerprint density at radius 2 is 1.70 bits per heavy atom. The first-order chi connectivity index (χ1) is 19.9. The second kappa shape index (κ2) is 9.83. The van der Waals surface area contributed by atoms with Crippen molar-refractivity contribution in [1.29, 1.82) is 0 Å². The predicted molar refractivity (Wildman–Crippen MR) is 166 cm³/mol. The lowest BCUT2D eigenvalue weighted by Gasteiger charge is -2.36. The van der Waals surface area contributed by atoms with Gasteiger partial charge in [-0.3, -0.25) is 4.98 Å². The van der Waals surface area contributed by atoms with Crippen molar-refractivity contribution in [2.75, 3.05) is 0 Å². The van der Waals surface area contributed by atoms with Crippen LogP contribution in [-0.2, 0) is 0 Å². The number of rotatable bonds is 3. The Bertz CT molecular complexity index is 1700. The molecule has 0 N–H and O–H groups in total. The van der Waals surface area contributed by atoms with Crippen LogP contribution in [0, 0.1) is 5.92 Å². The predicted octanol–water partition coefficient (Wildman–Crippen LogP) is 9.22. The molecule has 0 saturated heterocycles. The minimum absolute atomic E-state index is 0.292. The van der Waals surface area contributed by atoms with Gasteiger partial charge in [0.1, 0.15) is 0 Å². The number of pyridine rings is 1. The zero-order valence-corrected chi connectivity index (χ0v) is 23.1. The van der Waals surface area contributed by atoms with Crippen molar-refractivity contribution < 1.29 is 0 Å². The van der Waals surface area contributed by atoms with Gasteiger partial charge in [0.05, 0.1) is 17.4 Å². The van der Waals surface area contributed by atoms with Crippen LogP contribution in [0.5, 0.6) is 0 Å². The second-order valence-electron chi connectivity index (χ2n) is 11.0. The van der Waals surface area contributed by atoms with Crippen LogP contribution in [-0.4, -0.2) is 15.9 Å². The molecule has 0 fully saturated rings. The SMILES string of the molecule is C1=CC(c2ccccc2)CC(N2C3=C(Sc4c(cccc4-c4ccccn4)C4=C3CCC=C4)[C@H]3C=CC=CC32)=C1. The summed E-state index contributed by atoms with van der Waals surface area (Å²) in [5, 5.41) is 0. The van der Waals surface area contributed by atoms with E-state index in [1.165, 1.54) is 49.0 Å². The van der Waals surface area contributed by atoms with Crippen LogP contribution in [0.4, 0.5) is 0 Å². The minimum atomic E-state index is 0.292. The van der Waals surface area contributed by atoms with Gasteiger partial charge in [0, 0.05) is 39.1 Å². The average Bonchev–Trinajstić information content (AvgIpc) is 3.28. The molecule has 40 heavy (non-hydrogen) atoms. The number of aromatic nitrogens is 1. The molecule has 3 aliphatic carbocycles. The first kappa shape index (κ1) is 23.8. The van der Waals surface area contributed by atoms with E-state index < -0.39 is 0 Å². The molecular weight excluding hydrogens is 504 g/mol. The molecule has 3 atom stereocenters. The standard InChI is InChI=1S/C37H30N2S/c1-2-12-25(13-3-1)26-14-10-15-27(24-26)39-34-22-7-6-18-32(34)37-35(39)29-17-5-4-16-28(29)30-19-11-20-31(36(30)40-37)33-21-8-9-23-38-33/h1-4,6-16,18-23,26,32,34H,5,17,24H2/t26?,32-,34?/m0/s1. The summed E-state index contributed by atoms with van der Waals surface area (Å²) in [4.78, 5) is 10.3. The summed E-state index contributed by atoms with van der Waals surface area (Å²) in [7, 11) is 0. The van der Waals surface area contributed by atoms with Crippen molar-refractivity contribution >= 4 is 17.3 Å². The van der Waals surface area contributed by atoms with Gasteiger partial charge in [0.2, 0.25) is 0 Å². The molecular formula is C37H30N2S. The van der Waals surface area contributed by atoms with Crippen LogP contribution in [0.2, 0.25) is 0 Å². The highest BCUT2D eigenvalue weighted by Gasteiger charge is 2.44. The van der Waals surface area contributed by atoms with Gasteiger partial charge in [-0.2, -0.15) is 0 Å². The third-order valence-electron chi connectivity index (χ3n) is 8.69. The summed E-state index contributed by atoms with van der Waals surface area (Å²) in [6.07, 6.45) is 26.1. The van der Waals surface area contributed by atoms with Crippen LogP contribution >= 0.6 is 11.8 Å². The van der Waals surface area contributed by atoms with Gasteiger partial charge >= 0.3 is 0 Å². The van der Waals surface area contributed by atoms with Crippen molar-refractivity contribution in [3.05, 3.63) is 161 Å². The fraction of sp³-hybridized carbons (Fsp3) is 0.162. The molecule has 2 nitrogen and oxygen atoms in total. The van der Waals surface area contributed by atoms with E-state index in [1.54, 1.807) is 0 Å². The van der Waals surface area contributed by atoms with E-state index in [2.05, 4.69) is 120 Å². The molecule has 0 saturated carbocycles. The third kappa shape index (κ3) is 3.83. The Kier molecular flexibility index (Phi) is 5.85. The Morgan fingerprint density at radius 3 is 2.60 bits per heavy atom. The summed E-state index contributed by atoms with van der Waals surface area (Å²) < 4.78 is 0. The van der Waals surface area contributed by atoms with Crippen molar-refractivity contribution in [3.8, 4) is 11.3 Å². The Balaban J connectivity index is 1.31. The van der Waals surface area contributed by atoms with E-state index in [0.29, 0.717) is 17.9 Å². The first-order valence-electron chi connectivity index (χ1n) is 14.3. The molecule has 2 unspecified atom stereocenters. The number of hydrogen-bond acceptors (Lipinski definition) is 3. The fourth-order valence-corrected chi connectivity index (χ4v) is 8.34. The van der Waals surface area contributed by atoms with E-state index in [9.17, 15) is 0 Å². The lowest BCUT2D eigenvalue weighted by molar-refractivity contribution is 0.351. The maximum Gasteiger partial charge on any atom is 0.0713 e.